The minimum Gasteiger partial charge on any atom is -0.327 e. The first kappa shape index (κ1) is 11.2. The van der Waals surface area contributed by atoms with Gasteiger partial charge in [0, 0.05) is 24.2 Å². The van der Waals surface area contributed by atoms with E-state index in [0.29, 0.717) is 0 Å². The molecular weight excluding hydrogens is 246 g/mol. The van der Waals surface area contributed by atoms with Crippen molar-refractivity contribution in [1.29, 1.82) is 0 Å². The zero-order valence-electron chi connectivity index (χ0n) is 11.1. The molecule has 0 radical (unpaired) electrons. The minimum atomic E-state index is 0.949. The molecule has 2 aromatic heterocycles. The van der Waals surface area contributed by atoms with Gasteiger partial charge in [-0.1, -0.05) is 30.3 Å². The number of pyridine rings is 1. The van der Waals surface area contributed by atoms with E-state index in [1.165, 1.54) is 0 Å². The van der Waals surface area contributed by atoms with Gasteiger partial charge >= 0.3 is 0 Å². The molecule has 96 valence electrons. The Balaban J connectivity index is 1.98. The van der Waals surface area contributed by atoms with E-state index in [4.69, 9.17) is 4.98 Å². The van der Waals surface area contributed by atoms with Crippen LogP contribution in [0.15, 0.2) is 60.8 Å². The first-order valence-electron chi connectivity index (χ1n) is 6.59. The fourth-order valence-corrected chi connectivity index (χ4v) is 2.60. The monoisotopic (exact) mass is 259 g/mol. The van der Waals surface area contributed by atoms with Crippen molar-refractivity contribution >= 4 is 21.9 Å². The third-order valence-electron chi connectivity index (χ3n) is 3.64. The number of rotatable bonds is 1. The van der Waals surface area contributed by atoms with Crippen LogP contribution in [0.1, 0.15) is 0 Å². The quantitative estimate of drug-likeness (QED) is 0.520. The number of aryl methyl sites for hydroxylation is 1. The van der Waals surface area contributed by atoms with Crippen LogP contribution >= 0.6 is 0 Å². The Morgan fingerprint density at radius 2 is 1.65 bits per heavy atom. The Labute approximate surface area is 116 Å². The maximum absolute atomic E-state index is 4.71. The van der Waals surface area contributed by atoms with Gasteiger partial charge in [-0.3, -0.25) is 4.98 Å². The number of para-hydroxylation sites is 3. The van der Waals surface area contributed by atoms with Gasteiger partial charge in [-0.2, -0.15) is 0 Å². The molecule has 0 N–H and O–H groups in total. The predicted molar refractivity (Wildman–Crippen MR) is 81.5 cm³/mol. The summed E-state index contributed by atoms with van der Waals surface area (Å²) in [5.41, 5.74) is 4.20. The molecule has 0 atom stereocenters. The van der Waals surface area contributed by atoms with Gasteiger partial charge in [-0.25, -0.2) is 4.98 Å². The fraction of sp³-hybridized carbons (Fsp3) is 0.0588. The summed E-state index contributed by atoms with van der Waals surface area (Å²) in [5, 5.41) is 1.14. The average molecular weight is 259 g/mol. The smallest absolute Gasteiger partial charge is 0.142 e. The highest BCUT2D eigenvalue weighted by Gasteiger charge is 2.10. The molecule has 0 saturated carbocycles. The van der Waals surface area contributed by atoms with E-state index >= 15 is 0 Å². The number of benzene rings is 2. The first-order valence-corrected chi connectivity index (χ1v) is 6.59. The molecule has 0 unspecified atom stereocenters. The molecule has 3 heteroatoms. The molecule has 0 aliphatic heterocycles. The van der Waals surface area contributed by atoms with E-state index in [0.717, 1.165) is 33.3 Å². The lowest BCUT2D eigenvalue weighted by Crippen LogP contribution is -1.93. The van der Waals surface area contributed by atoms with Gasteiger partial charge < -0.3 is 4.57 Å². The van der Waals surface area contributed by atoms with Gasteiger partial charge in [-0.05, 0) is 24.3 Å². The molecule has 0 bridgehead atoms. The summed E-state index contributed by atoms with van der Waals surface area (Å²) in [7, 11) is 2.04. The van der Waals surface area contributed by atoms with Crippen molar-refractivity contribution in [3.8, 4) is 11.4 Å². The highest BCUT2D eigenvalue weighted by Crippen LogP contribution is 2.25. The van der Waals surface area contributed by atoms with Gasteiger partial charge in [0.25, 0.3) is 0 Å². The number of hydrogen-bond acceptors (Lipinski definition) is 2. The fourth-order valence-electron chi connectivity index (χ4n) is 2.60. The van der Waals surface area contributed by atoms with E-state index in [2.05, 4.69) is 27.8 Å². The maximum atomic E-state index is 4.71. The lowest BCUT2D eigenvalue weighted by atomic mass is 10.1. The van der Waals surface area contributed by atoms with Crippen LogP contribution in [0, 0.1) is 0 Å². The molecule has 0 spiro atoms. The summed E-state index contributed by atoms with van der Waals surface area (Å²) in [6, 6.07) is 18.4. The zero-order valence-corrected chi connectivity index (χ0v) is 11.1. The second-order valence-electron chi connectivity index (χ2n) is 4.90. The van der Waals surface area contributed by atoms with Crippen molar-refractivity contribution in [3.05, 3.63) is 60.8 Å². The molecule has 2 heterocycles. The normalized spacial score (nSPS) is 11.2. The second-order valence-corrected chi connectivity index (χ2v) is 4.90. The number of fused-ring (bicyclic) bond motifs is 2. The Bertz CT molecular complexity index is 922. The lowest BCUT2D eigenvalue weighted by Gasteiger charge is -2.03. The van der Waals surface area contributed by atoms with Crippen LogP contribution in [-0.2, 0) is 7.05 Å². The predicted octanol–water partition coefficient (Wildman–Crippen LogP) is 3.79. The average Bonchev–Trinajstić information content (AvgIpc) is 2.84. The number of nitrogens with zero attached hydrogens (tertiary/aromatic N) is 3. The summed E-state index contributed by atoms with van der Waals surface area (Å²) >= 11 is 0. The van der Waals surface area contributed by atoms with Crippen LogP contribution in [0.25, 0.3) is 33.3 Å². The SMILES string of the molecule is Cn1c(-c2cnc3ccccc3c2)nc2ccccc21. The van der Waals surface area contributed by atoms with Gasteiger partial charge in [0.15, 0.2) is 0 Å². The van der Waals surface area contributed by atoms with Crippen LogP contribution < -0.4 is 0 Å². The summed E-state index contributed by atoms with van der Waals surface area (Å²) in [6.07, 6.45) is 1.89. The summed E-state index contributed by atoms with van der Waals surface area (Å²) < 4.78 is 2.11. The molecule has 4 rings (SSSR count). The summed E-state index contributed by atoms with van der Waals surface area (Å²) in [5.74, 6) is 0.949. The number of aromatic nitrogens is 3. The topological polar surface area (TPSA) is 30.7 Å². The largest absolute Gasteiger partial charge is 0.327 e. The Kier molecular flexibility index (Phi) is 2.33. The van der Waals surface area contributed by atoms with Crippen molar-refractivity contribution in [2.45, 2.75) is 0 Å². The van der Waals surface area contributed by atoms with Crippen molar-refractivity contribution in [2.24, 2.45) is 7.05 Å². The molecule has 0 amide bonds. The van der Waals surface area contributed by atoms with Crippen LogP contribution in [0.2, 0.25) is 0 Å². The molecule has 3 nitrogen and oxygen atoms in total. The summed E-state index contributed by atoms with van der Waals surface area (Å²) in [4.78, 5) is 9.23. The van der Waals surface area contributed by atoms with Crippen molar-refractivity contribution < 1.29 is 0 Å². The highest BCUT2D eigenvalue weighted by atomic mass is 15.1. The van der Waals surface area contributed by atoms with Crippen LogP contribution in [0.4, 0.5) is 0 Å². The van der Waals surface area contributed by atoms with Gasteiger partial charge in [0.05, 0.1) is 16.6 Å². The Morgan fingerprint density at radius 3 is 2.50 bits per heavy atom. The van der Waals surface area contributed by atoms with E-state index < -0.39 is 0 Å². The Morgan fingerprint density at radius 1 is 0.900 bits per heavy atom. The number of hydrogen-bond donors (Lipinski definition) is 0. The van der Waals surface area contributed by atoms with Gasteiger partial charge in [-0.15, -0.1) is 0 Å². The summed E-state index contributed by atoms with van der Waals surface area (Å²) in [6.45, 7) is 0. The van der Waals surface area contributed by atoms with Crippen molar-refractivity contribution in [2.75, 3.05) is 0 Å². The first-order chi connectivity index (χ1) is 9.83. The molecule has 0 aliphatic carbocycles. The van der Waals surface area contributed by atoms with Crippen molar-refractivity contribution in [3.63, 3.8) is 0 Å². The van der Waals surface area contributed by atoms with Crippen molar-refractivity contribution in [1.82, 2.24) is 14.5 Å². The number of imidazole rings is 1. The molecule has 2 aromatic carbocycles. The maximum Gasteiger partial charge on any atom is 0.142 e. The Hall–Kier alpha value is -2.68. The molecule has 0 saturated heterocycles. The highest BCUT2D eigenvalue weighted by molar-refractivity contribution is 5.85. The molecule has 0 aliphatic rings. The van der Waals surface area contributed by atoms with E-state index in [1.807, 2.05) is 49.6 Å². The van der Waals surface area contributed by atoms with Crippen LogP contribution in [0.5, 0.6) is 0 Å². The zero-order chi connectivity index (χ0) is 13.5. The second kappa shape index (κ2) is 4.17. The third-order valence-corrected chi connectivity index (χ3v) is 3.64. The van der Waals surface area contributed by atoms with Crippen LogP contribution in [-0.4, -0.2) is 14.5 Å². The molecule has 4 aromatic rings. The van der Waals surface area contributed by atoms with E-state index in [-0.39, 0.29) is 0 Å². The molecular formula is C17H13N3. The van der Waals surface area contributed by atoms with Crippen LogP contribution in [0.3, 0.4) is 0 Å². The van der Waals surface area contributed by atoms with Gasteiger partial charge in [0.1, 0.15) is 5.82 Å². The molecule has 0 fully saturated rings. The lowest BCUT2D eigenvalue weighted by molar-refractivity contribution is 0.958. The van der Waals surface area contributed by atoms with E-state index in [9.17, 15) is 0 Å². The third kappa shape index (κ3) is 1.60. The minimum absolute atomic E-state index is 0.949. The van der Waals surface area contributed by atoms with E-state index in [1.54, 1.807) is 0 Å². The molecule has 20 heavy (non-hydrogen) atoms. The van der Waals surface area contributed by atoms with Gasteiger partial charge in [0.2, 0.25) is 0 Å². The standard InChI is InChI=1S/C17H13N3/c1-20-16-9-5-4-8-15(16)19-17(20)13-10-12-6-2-3-7-14(12)18-11-13/h2-11H,1H3.